The second-order valence-electron chi connectivity index (χ2n) is 5.77. The van der Waals surface area contributed by atoms with Gasteiger partial charge in [0.15, 0.2) is 6.61 Å². The van der Waals surface area contributed by atoms with Gasteiger partial charge < -0.3 is 10.1 Å². The molecule has 2 aromatic carbocycles. The lowest BCUT2D eigenvalue weighted by Gasteiger charge is -2.10. The van der Waals surface area contributed by atoms with Crippen molar-refractivity contribution in [3.05, 3.63) is 75.2 Å². The Morgan fingerprint density at radius 1 is 1.29 bits per heavy atom. The molecule has 1 amide bonds. The molecule has 0 radical (unpaired) electrons. The number of nitro benzene ring substituents is 1. The lowest BCUT2D eigenvalue weighted by Crippen LogP contribution is -2.21. The van der Waals surface area contributed by atoms with Crippen molar-refractivity contribution in [3.63, 3.8) is 0 Å². The molecule has 1 aromatic heterocycles. The molecular formula is C18H14ClFN4O4. The summed E-state index contributed by atoms with van der Waals surface area (Å²) in [6.45, 7) is 1.42. The molecule has 0 spiro atoms. The number of non-ortho nitro benzene ring substituents is 1. The molecule has 28 heavy (non-hydrogen) atoms. The predicted molar refractivity (Wildman–Crippen MR) is 100 cm³/mol. The number of halogens is 2. The Hall–Kier alpha value is -3.46. The predicted octanol–water partition coefficient (Wildman–Crippen LogP) is 3.90. The van der Waals surface area contributed by atoms with E-state index in [0.717, 1.165) is 6.07 Å². The van der Waals surface area contributed by atoms with Gasteiger partial charge in [-0.3, -0.25) is 14.9 Å². The van der Waals surface area contributed by atoms with Crippen LogP contribution in [0.25, 0.3) is 5.69 Å². The van der Waals surface area contributed by atoms with Gasteiger partial charge in [-0.1, -0.05) is 11.6 Å². The molecular weight excluding hydrogens is 391 g/mol. The van der Waals surface area contributed by atoms with Crippen molar-refractivity contribution in [2.75, 3.05) is 11.9 Å². The molecule has 3 rings (SSSR count). The molecule has 1 heterocycles. The van der Waals surface area contributed by atoms with Crippen LogP contribution in [0.1, 0.15) is 5.69 Å². The molecule has 10 heteroatoms. The summed E-state index contributed by atoms with van der Waals surface area (Å²) in [7, 11) is 0. The molecule has 144 valence electrons. The summed E-state index contributed by atoms with van der Waals surface area (Å²) in [4.78, 5) is 22.5. The van der Waals surface area contributed by atoms with Gasteiger partial charge in [0.2, 0.25) is 0 Å². The molecule has 0 aliphatic rings. The van der Waals surface area contributed by atoms with E-state index in [-0.39, 0.29) is 23.1 Å². The first kappa shape index (κ1) is 19.3. The Morgan fingerprint density at radius 3 is 2.64 bits per heavy atom. The monoisotopic (exact) mass is 404 g/mol. The van der Waals surface area contributed by atoms with Gasteiger partial charge in [-0.2, -0.15) is 5.10 Å². The smallest absolute Gasteiger partial charge is 0.269 e. The molecule has 8 nitrogen and oxygen atoms in total. The fourth-order valence-electron chi connectivity index (χ4n) is 2.40. The zero-order chi connectivity index (χ0) is 20.3. The quantitative estimate of drug-likeness (QED) is 0.496. The summed E-state index contributed by atoms with van der Waals surface area (Å²) < 4.78 is 19.9. The molecule has 3 aromatic rings. The molecule has 0 saturated heterocycles. The van der Waals surface area contributed by atoms with Gasteiger partial charge in [0, 0.05) is 24.3 Å². The zero-order valence-corrected chi connectivity index (χ0v) is 15.3. The van der Waals surface area contributed by atoms with Crippen molar-refractivity contribution in [1.82, 2.24) is 9.78 Å². The number of nitrogens with zero attached hydrogens (tertiary/aromatic N) is 3. The fraction of sp³-hybridized carbons (Fsp3) is 0.111. The maximum absolute atomic E-state index is 13.1. The molecule has 0 fully saturated rings. The average Bonchev–Trinajstić information content (AvgIpc) is 3.03. The van der Waals surface area contributed by atoms with Crippen LogP contribution in [0.15, 0.2) is 48.5 Å². The Balaban J connectivity index is 1.71. The highest BCUT2D eigenvalue weighted by molar-refractivity contribution is 6.30. The number of ether oxygens (including phenoxy) is 1. The topological polar surface area (TPSA) is 99.3 Å². The van der Waals surface area contributed by atoms with Crippen LogP contribution in [0, 0.1) is 22.9 Å². The maximum Gasteiger partial charge on any atom is 0.269 e. The summed E-state index contributed by atoms with van der Waals surface area (Å²) in [5.41, 5.74) is 1.13. The van der Waals surface area contributed by atoms with Crippen LogP contribution in [0.4, 0.5) is 15.9 Å². The number of hydrogen-bond donors (Lipinski definition) is 1. The van der Waals surface area contributed by atoms with E-state index in [4.69, 9.17) is 16.3 Å². The van der Waals surface area contributed by atoms with Gasteiger partial charge in [0.25, 0.3) is 11.6 Å². The minimum absolute atomic E-state index is 0.0513. The van der Waals surface area contributed by atoms with Gasteiger partial charge in [-0.15, -0.1) is 0 Å². The van der Waals surface area contributed by atoms with Gasteiger partial charge in [-0.25, -0.2) is 9.07 Å². The third-order valence-corrected chi connectivity index (χ3v) is 3.95. The number of nitro groups is 1. The van der Waals surface area contributed by atoms with Crippen molar-refractivity contribution < 1.29 is 18.8 Å². The van der Waals surface area contributed by atoms with Crippen molar-refractivity contribution >= 4 is 29.0 Å². The van der Waals surface area contributed by atoms with Crippen molar-refractivity contribution in [1.29, 1.82) is 0 Å². The summed E-state index contributed by atoms with van der Waals surface area (Å²) in [6.07, 6.45) is 0. The number of rotatable bonds is 6. The summed E-state index contributed by atoms with van der Waals surface area (Å²) in [5.74, 6) is -0.428. The van der Waals surface area contributed by atoms with E-state index in [2.05, 4.69) is 10.4 Å². The Bertz CT molecular complexity index is 1040. The normalized spacial score (nSPS) is 10.5. The van der Waals surface area contributed by atoms with E-state index in [1.807, 2.05) is 0 Å². The summed E-state index contributed by atoms with van der Waals surface area (Å²) in [6, 6.07) is 11.2. The maximum atomic E-state index is 13.1. The van der Waals surface area contributed by atoms with Crippen molar-refractivity contribution in [3.8, 4) is 11.4 Å². The number of carbonyl (C=O) groups is 1. The molecule has 0 bridgehead atoms. The van der Waals surface area contributed by atoms with Crippen LogP contribution in [0.2, 0.25) is 5.02 Å². The second kappa shape index (κ2) is 8.05. The lowest BCUT2D eigenvalue weighted by atomic mass is 10.3. The Morgan fingerprint density at radius 2 is 2.00 bits per heavy atom. The molecule has 0 saturated carbocycles. The zero-order valence-electron chi connectivity index (χ0n) is 14.6. The number of amides is 1. The van der Waals surface area contributed by atoms with Gasteiger partial charge >= 0.3 is 0 Å². The van der Waals surface area contributed by atoms with E-state index in [1.54, 1.807) is 13.0 Å². The lowest BCUT2D eigenvalue weighted by molar-refractivity contribution is -0.384. The third-order valence-electron chi connectivity index (χ3n) is 3.67. The van der Waals surface area contributed by atoms with E-state index in [0.29, 0.717) is 17.2 Å². The first-order valence-corrected chi connectivity index (χ1v) is 8.40. The Labute approximate surface area is 163 Å². The molecule has 0 unspecified atom stereocenters. The van der Waals surface area contributed by atoms with Crippen LogP contribution in [0.3, 0.4) is 0 Å². The minimum Gasteiger partial charge on any atom is -0.484 e. The number of nitrogens with one attached hydrogen (secondary N) is 1. The molecule has 0 aliphatic carbocycles. The van der Waals surface area contributed by atoms with E-state index < -0.39 is 16.6 Å². The highest BCUT2D eigenvalue weighted by atomic mass is 35.5. The van der Waals surface area contributed by atoms with Gasteiger partial charge in [0.1, 0.15) is 17.4 Å². The fourth-order valence-corrected chi connectivity index (χ4v) is 2.57. The summed E-state index contributed by atoms with van der Waals surface area (Å²) in [5, 5.41) is 17.6. The largest absolute Gasteiger partial charge is 0.484 e. The number of aromatic nitrogens is 2. The highest BCUT2D eigenvalue weighted by Gasteiger charge is 2.13. The van der Waals surface area contributed by atoms with Crippen molar-refractivity contribution in [2.24, 2.45) is 0 Å². The highest BCUT2D eigenvalue weighted by Crippen LogP contribution is 2.22. The number of benzene rings is 2. The summed E-state index contributed by atoms with van der Waals surface area (Å²) >= 11 is 5.67. The van der Waals surface area contributed by atoms with E-state index >= 15 is 0 Å². The van der Waals surface area contributed by atoms with Gasteiger partial charge in [0.05, 0.1) is 21.3 Å². The first-order valence-electron chi connectivity index (χ1n) is 8.02. The molecule has 0 atom stereocenters. The Kier molecular flexibility index (Phi) is 5.55. The standard InChI is InChI=1S/C18H14ClFN4O4/c1-11-8-17(23(22-11)12-2-4-13(5-3-12)24(26)27)21-18(25)10-28-14-6-7-16(20)15(19)9-14/h2-9H,10H2,1H3,(H,21,25). The molecule has 0 aliphatic heterocycles. The number of aryl methyl sites for hydroxylation is 1. The average molecular weight is 405 g/mol. The number of carbonyl (C=O) groups excluding carboxylic acids is 1. The van der Waals surface area contributed by atoms with Crippen LogP contribution >= 0.6 is 11.6 Å². The van der Waals surface area contributed by atoms with E-state index in [1.165, 1.54) is 41.1 Å². The van der Waals surface area contributed by atoms with Crippen LogP contribution in [0.5, 0.6) is 5.75 Å². The van der Waals surface area contributed by atoms with E-state index in [9.17, 15) is 19.3 Å². The van der Waals surface area contributed by atoms with Crippen molar-refractivity contribution in [2.45, 2.75) is 6.92 Å². The number of anilines is 1. The van der Waals surface area contributed by atoms with Crippen LogP contribution in [-0.2, 0) is 4.79 Å². The SMILES string of the molecule is Cc1cc(NC(=O)COc2ccc(F)c(Cl)c2)n(-c2ccc([N+](=O)[O-])cc2)n1. The molecule has 1 N–H and O–H groups in total. The van der Waals surface area contributed by atoms with Crippen LogP contribution in [-0.4, -0.2) is 27.2 Å². The van der Waals surface area contributed by atoms with Crippen LogP contribution < -0.4 is 10.1 Å². The minimum atomic E-state index is -0.582. The number of hydrogen-bond acceptors (Lipinski definition) is 5. The second-order valence-corrected chi connectivity index (χ2v) is 6.18. The van der Waals surface area contributed by atoms with Gasteiger partial charge in [-0.05, 0) is 31.2 Å². The first-order chi connectivity index (χ1) is 13.3. The third kappa shape index (κ3) is 4.44.